The van der Waals surface area contributed by atoms with Crippen molar-refractivity contribution in [3.05, 3.63) is 18.0 Å². The van der Waals surface area contributed by atoms with Crippen LogP contribution in [0, 0.1) is 6.92 Å². The van der Waals surface area contributed by atoms with Gasteiger partial charge in [-0.25, -0.2) is 0 Å². The van der Waals surface area contributed by atoms with Crippen LogP contribution in [0.15, 0.2) is 12.4 Å². The van der Waals surface area contributed by atoms with E-state index in [-0.39, 0.29) is 11.9 Å². The van der Waals surface area contributed by atoms with Crippen LogP contribution in [0.4, 0.5) is 0 Å². The van der Waals surface area contributed by atoms with E-state index in [0.29, 0.717) is 6.54 Å². The summed E-state index contributed by atoms with van der Waals surface area (Å²) in [5.74, 6) is 0.00519. The van der Waals surface area contributed by atoms with Crippen LogP contribution < -0.4 is 5.32 Å². The fourth-order valence-electron chi connectivity index (χ4n) is 1.09. The first-order valence-electron chi connectivity index (χ1n) is 4.43. The first-order chi connectivity index (χ1) is 6.15. The van der Waals surface area contributed by atoms with Crippen molar-refractivity contribution in [1.29, 1.82) is 0 Å². The molecule has 0 aliphatic heterocycles. The lowest BCUT2D eigenvalue weighted by atomic mass is 10.3. The summed E-state index contributed by atoms with van der Waals surface area (Å²) in [6, 6.07) is -0.228. The van der Waals surface area contributed by atoms with Crippen molar-refractivity contribution in [3.63, 3.8) is 0 Å². The zero-order valence-electron chi connectivity index (χ0n) is 8.24. The molecule has 0 aliphatic rings. The Hall–Kier alpha value is -1.32. The highest BCUT2D eigenvalue weighted by Crippen LogP contribution is 2.05. The molecule has 1 N–H and O–H groups in total. The number of amides is 1. The quantitative estimate of drug-likeness (QED) is 0.752. The van der Waals surface area contributed by atoms with Crippen molar-refractivity contribution in [2.45, 2.75) is 26.8 Å². The molecule has 0 aliphatic carbocycles. The average molecular weight is 181 g/mol. The summed E-state index contributed by atoms with van der Waals surface area (Å²) in [6.07, 6.45) is 3.61. The molecule has 1 amide bonds. The van der Waals surface area contributed by atoms with Crippen LogP contribution in [0.2, 0.25) is 0 Å². The van der Waals surface area contributed by atoms with Crippen LogP contribution in [0.5, 0.6) is 0 Å². The third-order valence-electron chi connectivity index (χ3n) is 1.86. The maximum Gasteiger partial charge on any atom is 0.244 e. The number of carbonyl (C=O) groups is 1. The Morgan fingerprint density at radius 1 is 1.77 bits per heavy atom. The molecule has 4 heteroatoms. The van der Waals surface area contributed by atoms with E-state index in [2.05, 4.69) is 10.4 Å². The molecule has 1 aromatic rings. The number of rotatable bonds is 3. The van der Waals surface area contributed by atoms with Gasteiger partial charge in [0.25, 0.3) is 0 Å². The van der Waals surface area contributed by atoms with Gasteiger partial charge in [-0.1, -0.05) is 0 Å². The third kappa shape index (κ3) is 2.31. The lowest BCUT2D eigenvalue weighted by molar-refractivity contribution is -0.124. The van der Waals surface area contributed by atoms with E-state index in [1.54, 1.807) is 10.9 Å². The largest absolute Gasteiger partial charge is 0.355 e. The lowest BCUT2D eigenvalue weighted by Gasteiger charge is -2.10. The molecule has 4 nitrogen and oxygen atoms in total. The van der Waals surface area contributed by atoms with E-state index in [1.807, 2.05) is 27.0 Å². The van der Waals surface area contributed by atoms with Crippen LogP contribution in [0.1, 0.15) is 25.5 Å². The van der Waals surface area contributed by atoms with Gasteiger partial charge in [-0.3, -0.25) is 9.48 Å². The van der Waals surface area contributed by atoms with Crippen molar-refractivity contribution in [1.82, 2.24) is 15.1 Å². The minimum atomic E-state index is -0.228. The summed E-state index contributed by atoms with van der Waals surface area (Å²) in [6.45, 7) is 6.34. The maximum atomic E-state index is 11.4. The van der Waals surface area contributed by atoms with Gasteiger partial charge in [0.2, 0.25) is 5.91 Å². The second-order valence-electron chi connectivity index (χ2n) is 3.07. The second kappa shape index (κ2) is 4.07. The highest BCUT2D eigenvalue weighted by molar-refractivity contribution is 5.79. The molecule has 0 saturated carbocycles. The minimum Gasteiger partial charge on any atom is -0.355 e. The van der Waals surface area contributed by atoms with E-state index in [9.17, 15) is 4.79 Å². The number of aryl methyl sites for hydroxylation is 1. The molecule has 13 heavy (non-hydrogen) atoms. The van der Waals surface area contributed by atoms with E-state index in [1.165, 1.54) is 0 Å². The molecule has 1 heterocycles. The van der Waals surface area contributed by atoms with Crippen molar-refractivity contribution in [2.24, 2.45) is 0 Å². The van der Waals surface area contributed by atoms with Gasteiger partial charge in [-0.05, 0) is 26.3 Å². The fourth-order valence-corrected chi connectivity index (χ4v) is 1.09. The third-order valence-corrected chi connectivity index (χ3v) is 1.86. The van der Waals surface area contributed by atoms with Crippen LogP contribution in [0.25, 0.3) is 0 Å². The van der Waals surface area contributed by atoms with Crippen molar-refractivity contribution in [2.75, 3.05) is 6.54 Å². The SMILES string of the molecule is CCNC(=O)C(C)n1cc(C)cn1. The zero-order chi connectivity index (χ0) is 9.84. The molecule has 1 rings (SSSR count). The number of hydrogen-bond acceptors (Lipinski definition) is 2. The van der Waals surface area contributed by atoms with Gasteiger partial charge in [0.1, 0.15) is 6.04 Å². The molecular weight excluding hydrogens is 166 g/mol. The van der Waals surface area contributed by atoms with Gasteiger partial charge >= 0.3 is 0 Å². The van der Waals surface area contributed by atoms with Crippen LogP contribution >= 0.6 is 0 Å². The Morgan fingerprint density at radius 2 is 2.46 bits per heavy atom. The van der Waals surface area contributed by atoms with Gasteiger partial charge < -0.3 is 5.32 Å². The van der Waals surface area contributed by atoms with Crippen LogP contribution in [-0.4, -0.2) is 22.2 Å². The van der Waals surface area contributed by atoms with Crippen molar-refractivity contribution >= 4 is 5.91 Å². The van der Waals surface area contributed by atoms with Gasteiger partial charge in [-0.2, -0.15) is 5.10 Å². The van der Waals surface area contributed by atoms with Crippen molar-refractivity contribution in [3.8, 4) is 0 Å². The number of nitrogens with one attached hydrogen (secondary N) is 1. The minimum absolute atomic E-state index is 0.00519. The summed E-state index contributed by atoms with van der Waals surface area (Å²) in [5.41, 5.74) is 1.07. The number of likely N-dealkylation sites (N-methyl/N-ethyl adjacent to an activating group) is 1. The molecule has 1 atom stereocenters. The van der Waals surface area contributed by atoms with Gasteiger partial charge in [0.05, 0.1) is 6.20 Å². The van der Waals surface area contributed by atoms with Crippen molar-refractivity contribution < 1.29 is 4.79 Å². The molecule has 0 radical (unpaired) electrons. The number of nitrogens with zero attached hydrogens (tertiary/aromatic N) is 2. The summed E-state index contributed by atoms with van der Waals surface area (Å²) >= 11 is 0. The Morgan fingerprint density at radius 3 is 2.92 bits per heavy atom. The maximum absolute atomic E-state index is 11.4. The van der Waals surface area contributed by atoms with Crippen LogP contribution in [-0.2, 0) is 4.79 Å². The zero-order valence-corrected chi connectivity index (χ0v) is 8.24. The van der Waals surface area contributed by atoms with Gasteiger partial charge in [0, 0.05) is 12.7 Å². The summed E-state index contributed by atoms with van der Waals surface area (Å²) in [7, 11) is 0. The highest BCUT2D eigenvalue weighted by atomic mass is 16.2. The predicted octanol–water partition coefficient (Wildman–Crippen LogP) is 0.889. The fraction of sp³-hybridized carbons (Fsp3) is 0.556. The first kappa shape index (κ1) is 9.77. The standard InChI is InChI=1S/C9H15N3O/c1-4-10-9(13)8(3)12-6-7(2)5-11-12/h5-6,8H,4H2,1-3H3,(H,10,13). The molecule has 0 spiro atoms. The molecule has 0 aromatic carbocycles. The highest BCUT2D eigenvalue weighted by Gasteiger charge is 2.13. The number of aromatic nitrogens is 2. The molecular formula is C9H15N3O. The second-order valence-corrected chi connectivity index (χ2v) is 3.07. The smallest absolute Gasteiger partial charge is 0.244 e. The van der Waals surface area contributed by atoms with E-state index in [0.717, 1.165) is 5.56 Å². The molecule has 0 bridgehead atoms. The Kier molecular flexibility index (Phi) is 3.06. The topological polar surface area (TPSA) is 46.9 Å². The molecule has 72 valence electrons. The Bertz CT molecular complexity index is 293. The monoisotopic (exact) mass is 181 g/mol. The van der Waals surface area contributed by atoms with Gasteiger partial charge in [-0.15, -0.1) is 0 Å². The van der Waals surface area contributed by atoms with Gasteiger partial charge in [0.15, 0.2) is 0 Å². The molecule has 1 aromatic heterocycles. The molecule has 0 fully saturated rings. The van der Waals surface area contributed by atoms with Crippen LogP contribution in [0.3, 0.4) is 0 Å². The molecule has 1 unspecified atom stereocenters. The lowest BCUT2D eigenvalue weighted by Crippen LogP contribution is -2.30. The predicted molar refractivity (Wildman–Crippen MR) is 50.4 cm³/mol. The average Bonchev–Trinajstić information content (AvgIpc) is 2.51. The molecule has 0 saturated heterocycles. The summed E-state index contributed by atoms with van der Waals surface area (Å²) in [5, 5.41) is 6.83. The number of carbonyl (C=O) groups excluding carboxylic acids is 1. The Balaban J connectivity index is 2.67. The number of hydrogen-bond donors (Lipinski definition) is 1. The normalized spacial score (nSPS) is 12.5. The van der Waals surface area contributed by atoms with E-state index >= 15 is 0 Å². The van der Waals surface area contributed by atoms with E-state index in [4.69, 9.17) is 0 Å². The Labute approximate surface area is 77.9 Å². The van der Waals surface area contributed by atoms with E-state index < -0.39 is 0 Å². The first-order valence-corrected chi connectivity index (χ1v) is 4.43. The summed E-state index contributed by atoms with van der Waals surface area (Å²) in [4.78, 5) is 11.4. The summed E-state index contributed by atoms with van der Waals surface area (Å²) < 4.78 is 1.67.